The zero-order valence-electron chi connectivity index (χ0n) is 15.1. The first kappa shape index (κ1) is 17.0. The van der Waals surface area contributed by atoms with Crippen LogP contribution in [0.5, 0.6) is 0 Å². The lowest BCUT2D eigenvalue weighted by Gasteiger charge is -2.61. The number of nitrogens with one attached hydrogen (secondary N) is 1. The summed E-state index contributed by atoms with van der Waals surface area (Å²) in [5, 5.41) is 3.48. The second-order valence-corrected chi connectivity index (χ2v) is 9.18. The van der Waals surface area contributed by atoms with Crippen molar-refractivity contribution in [2.75, 3.05) is 0 Å². The normalized spacial score (nSPS) is 40.9. The average Bonchev–Trinajstić information content (AvgIpc) is 3.17. The number of halogens is 1. The molecule has 2 saturated heterocycles. The number of amides is 1. The lowest BCUT2D eigenvalue weighted by Crippen LogP contribution is -2.75. The Kier molecular flexibility index (Phi) is 3.94. The molecule has 2 aliphatic heterocycles. The molecule has 4 nitrogen and oxygen atoms in total. The van der Waals surface area contributed by atoms with Crippen LogP contribution in [-0.2, 0) is 4.74 Å². The minimum atomic E-state index is -1.05. The first-order chi connectivity index (χ1) is 10.6. The summed E-state index contributed by atoms with van der Waals surface area (Å²) in [4.78, 5) is 14.6. The Labute approximate surface area is 139 Å². The summed E-state index contributed by atoms with van der Waals surface area (Å²) in [6.45, 7) is 9.58. The highest BCUT2D eigenvalue weighted by Gasteiger charge is 2.61. The third kappa shape index (κ3) is 3.09. The van der Waals surface area contributed by atoms with Gasteiger partial charge in [-0.05, 0) is 73.1 Å². The minimum absolute atomic E-state index is 0.156. The molecule has 132 valence electrons. The maximum atomic E-state index is 15.4. The van der Waals surface area contributed by atoms with Gasteiger partial charge in [-0.3, -0.25) is 4.90 Å². The van der Waals surface area contributed by atoms with Gasteiger partial charge in [0.2, 0.25) is 0 Å². The molecule has 2 heterocycles. The van der Waals surface area contributed by atoms with Gasteiger partial charge in [-0.2, -0.15) is 0 Å². The molecule has 0 spiro atoms. The van der Waals surface area contributed by atoms with Crippen molar-refractivity contribution in [3.63, 3.8) is 0 Å². The lowest BCUT2D eigenvalue weighted by atomic mass is 9.66. The van der Waals surface area contributed by atoms with Crippen molar-refractivity contribution in [2.24, 2.45) is 0 Å². The number of piperidine rings is 2. The van der Waals surface area contributed by atoms with Crippen molar-refractivity contribution in [1.29, 1.82) is 0 Å². The monoisotopic (exact) mass is 326 g/mol. The zero-order valence-corrected chi connectivity index (χ0v) is 15.1. The molecule has 1 saturated carbocycles. The van der Waals surface area contributed by atoms with Crippen LogP contribution in [0, 0.1) is 0 Å². The summed E-state index contributed by atoms with van der Waals surface area (Å²) in [6, 6.07) is 0.315. The number of rotatable bonds is 2. The SMILES string of the molecule is CC(C)(C)OC(=O)N1[C@]2(C)CCC[C@@]1(C)[C@H](F)[C@H](NC1CC1)C2. The molecule has 1 aliphatic carbocycles. The highest BCUT2D eigenvalue weighted by atomic mass is 19.1. The summed E-state index contributed by atoms with van der Waals surface area (Å²) in [7, 11) is 0. The van der Waals surface area contributed by atoms with Crippen molar-refractivity contribution in [3.05, 3.63) is 0 Å². The number of hydrogen-bond donors (Lipinski definition) is 1. The van der Waals surface area contributed by atoms with Crippen LogP contribution in [0.1, 0.15) is 73.1 Å². The largest absolute Gasteiger partial charge is 0.444 e. The van der Waals surface area contributed by atoms with Crippen LogP contribution in [0.2, 0.25) is 0 Å². The van der Waals surface area contributed by atoms with Crippen LogP contribution >= 0.6 is 0 Å². The van der Waals surface area contributed by atoms with Crippen molar-refractivity contribution in [1.82, 2.24) is 10.2 Å². The molecule has 3 aliphatic rings. The van der Waals surface area contributed by atoms with Gasteiger partial charge in [0.1, 0.15) is 11.8 Å². The summed E-state index contributed by atoms with van der Waals surface area (Å²) >= 11 is 0. The van der Waals surface area contributed by atoms with Gasteiger partial charge in [0.25, 0.3) is 0 Å². The molecule has 5 heteroatoms. The Morgan fingerprint density at radius 1 is 1.26 bits per heavy atom. The third-order valence-corrected chi connectivity index (χ3v) is 5.66. The number of carbonyl (C=O) groups is 1. The summed E-state index contributed by atoms with van der Waals surface area (Å²) < 4.78 is 21.0. The predicted molar refractivity (Wildman–Crippen MR) is 88.2 cm³/mol. The van der Waals surface area contributed by atoms with Gasteiger partial charge in [-0.25, -0.2) is 9.18 Å². The highest BCUT2D eigenvalue weighted by molar-refractivity contribution is 5.71. The topological polar surface area (TPSA) is 41.6 Å². The molecule has 0 aromatic carbocycles. The Balaban J connectivity index is 1.88. The van der Waals surface area contributed by atoms with Gasteiger partial charge in [0.15, 0.2) is 0 Å². The molecule has 1 amide bonds. The minimum Gasteiger partial charge on any atom is -0.444 e. The molecule has 2 bridgehead atoms. The van der Waals surface area contributed by atoms with E-state index in [0.717, 1.165) is 25.7 Å². The van der Waals surface area contributed by atoms with E-state index in [9.17, 15) is 4.79 Å². The summed E-state index contributed by atoms with van der Waals surface area (Å²) in [5.74, 6) is 0. The third-order valence-electron chi connectivity index (χ3n) is 5.66. The van der Waals surface area contributed by atoms with Crippen LogP contribution in [-0.4, -0.2) is 45.9 Å². The zero-order chi connectivity index (χ0) is 17.0. The van der Waals surface area contributed by atoms with Crippen molar-refractivity contribution in [3.8, 4) is 0 Å². The van der Waals surface area contributed by atoms with E-state index >= 15 is 4.39 Å². The van der Waals surface area contributed by atoms with Gasteiger partial charge in [-0.15, -0.1) is 0 Å². The second kappa shape index (κ2) is 5.33. The Morgan fingerprint density at radius 2 is 1.91 bits per heavy atom. The van der Waals surface area contributed by atoms with Gasteiger partial charge < -0.3 is 10.1 Å². The molecular formula is C18H31FN2O2. The Morgan fingerprint density at radius 3 is 2.48 bits per heavy atom. The van der Waals surface area contributed by atoms with E-state index in [2.05, 4.69) is 12.2 Å². The molecular weight excluding hydrogens is 295 g/mol. The number of nitrogens with zero attached hydrogens (tertiary/aromatic N) is 1. The predicted octanol–water partition coefficient (Wildman–Crippen LogP) is 3.79. The maximum absolute atomic E-state index is 15.4. The van der Waals surface area contributed by atoms with E-state index in [4.69, 9.17) is 4.74 Å². The molecule has 23 heavy (non-hydrogen) atoms. The smallest absolute Gasteiger partial charge is 0.411 e. The van der Waals surface area contributed by atoms with Gasteiger partial charge in [0.05, 0.1) is 5.54 Å². The van der Waals surface area contributed by atoms with Crippen molar-refractivity contribution < 1.29 is 13.9 Å². The first-order valence-corrected chi connectivity index (χ1v) is 8.99. The number of fused-ring (bicyclic) bond motifs is 2. The molecule has 3 fully saturated rings. The van der Waals surface area contributed by atoms with Gasteiger partial charge >= 0.3 is 6.09 Å². The summed E-state index contributed by atoms with van der Waals surface area (Å²) in [6.07, 6.45) is 4.11. The summed E-state index contributed by atoms with van der Waals surface area (Å²) in [5.41, 5.74) is -1.67. The van der Waals surface area contributed by atoms with Crippen LogP contribution in [0.3, 0.4) is 0 Å². The van der Waals surface area contributed by atoms with Crippen LogP contribution in [0.25, 0.3) is 0 Å². The maximum Gasteiger partial charge on any atom is 0.411 e. The quantitative estimate of drug-likeness (QED) is 0.839. The number of hydrogen-bond acceptors (Lipinski definition) is 3. The standard InChI is InChI=1S/C18H31FN2O2/c1-16(2,3)23-15(22)21-17(4)9-6-10-18(21,5)14(19)13(11-17)20-12-7-8-12/h12-14,20H,6-11H2,1-5H3/t13-,14-,17-,18+/m1/s1. The Hall–Kier alpha value is -0.840. The second-order valence-electron chi connectivity index (χ2n) is 9.18. The molecule has 0 aromatic rings. The average molecular weight is 326 g/mol. The van der Waals surface area contributed by atoms with E-state index in [-0.39, 0.29) is 17.7 Å². The first-order valence-electron chi connectivity index (χ1n) is 8.99. The fraction of sp³-hybridized carbons (Fsp3) is 0.944. The Bertz CT molecular complexity index is 488. The fourth-order valence-electron chi connectivity index (χ4n) is 4.57. The lowest BCUT2D eigenvalue weighted by molar-refractivity contribution is -0.131. The van der Waals surface area contributed by atoms with Gasteiger partial charge in [0, 0.05) is 17.6 Å². The highest BCUT2D eigenvalue weighted by Crippen LogP contribution is 2.50. The van der Waals surface area contributed by atoms with E-state index in [0.29, 0.717) is 18.9 Å². The molecule has 1 N–H and O–H groups in total. The van der Waals surface area contributed by atoms with Gasteiger partial charge in [-0.1, -0.05) is 0 Å². The van der Waals surface area contributed by atoms with Crippen molar-refractivity contribution in [2.45, 2.75) is 108 Å². The number of ether oxygens (including phenoxy) is 1. The van der Waals surface area contributed by atoms with Crippen LogP contribution in [0.4, 0.5) is 9.18 Å². The van der Waals surface area contributed by atoms with E-state index in [1.54, 1.807) is 4.90 Å². The van der Waals surface area contributed by atoms with Crippen LogP contribution < -0.4 is 5.32 Å². The number of alkyl halides is 1. The molecule has 3 rings (SSSR count). The molecule has 0 aromatic heterocycles. The van der Waals surface area contributed by atoms with E-state index < -0.39 is 17.3 Å². The number of carbonyl (C=O) groups excluding carboxylic acids is 1. The molecule has 0 radical (unpaired) electrons. The van der Waals surface area contributed by atoms with Crippen LogP contribution in [0.15, 0.2) is 0 Å². The molecule has 0 unspecified atom stereocenters. The van der Waals surface area contributed by atoms with E-state index in [1.165, 1.54) is 0 Å². The van der Waals surface area contributed by atoms with Crippen molar-refractivity contribution >= 4 is 6.09 Å². The molecule has 4 atom stereocenters. The van der Waals surface area contributed by atoms with E-state index in [1.807, 2.05) is 27.7 Å². The fourth-order valence-corrected chi connectivity index (χ4v) is 4.57.